The summed E-state index contributed by atoms with van der Waals surface area (Å²) in [6, 6.07) is 0. The average molecular weight is 101 g/mol. The fraction of sp³-hybridized carbons (Fsp3) is 0.500. The van der Waals surface area contributed by atoms with Crippen molar-refractivity contribution in [1.29, 1.82) is 0 Å². The molecule has 1 radical (unpaired) electrons. The molecule has 0 spiro atoms. The van der Waals surface area contributed by atoms with E-state index >= 15 is 0 Å². The summed E-state index contributed by atoms with van der Waals surface area (Å²) in [6.45, 7) is 8.20. The Labute approximate surface area is 42.6 Å². The minimum absolute atomic E-state index is 0.929. The van der Waals surface area contributed by atoms with Crippen LogP contribution in [0, 0.1) is 18.8 Å². The number of nitrogens with zero attached hydrogens (tertiary/aromatic N) is 1. The summed E-state index contributed by atoms with van der Waals surface area (Å²) in [5.74, 6) is 0. The van der Waals surface area contributed by atoms with Gasteiger partial charge in [0.05, 0.1) is 0 Å². The number of hydrogen-bond donors (Lipinski definition) is 0. The standard InChI is InChI=1S/C4H7NO2/c1-4(2,3)7-5-6/h1-2H2,3H3/q+1. The highest BCUT2D eigenvalue weighted by Crippen LogP contribution is 2.03. The van der Waals surface area contributed by atoms with Gasteiger partial charge in [-0.25, -0.2) is 0 Å². The molecule has 0 atom stereocenters. The van der Waals surface area contributed by atoms with Crippen LogP contribution in [0.1, 0.15) is 6.92 Å². The van der Waals surface area contributed by atoms with E-state index in [1.54, 1.807) is 0 Å². The van der Waals surface area contributed by atoms with Crippen LogP contribution in [0.15, 0.2) is 5.34 Å². The summed E-state index contributed by atoms with van der Waals surface area (Å²) in [5.41, 5.74) is -0.929. The number of rotatable bonds is 2. The van der Waals surface area contributed by atoms with Crippen LogP contribution in [0.2, 0.25) is 0 Å². The third kappa shape index (κ3) is 5.27. The van der Waals surface area contributed by atoms with Gasteiger partial charge < -0.3 is 4.84 Å². The van der Waals surface area contributed by atoms with E-state index in [0.29, 0.717) is 0 Å². The zero-order chi connectivity index (χ0) is 5.91. The van der Waals surface area contributed by atoms with Crippen LogP contribution in [0.3, 0.4) is 0 Å². The SMILES string of the molecule is [CH2]C([CH2+])(C)ON=O. The first-order chi connectivity index (χ1) is 3.06. The van der Waals surface area contributed by atoms with Gasteiger partial charge in [0.25, 0.3) is 5.60 Å². The molecule has 3 heteroatoms. The quantitative estimate of drug-likeness (QED) is 0.297. The molecule has 0 aromatic heterocycles. The van der Waals surface area contributed by atoms with E-state index in [1.807, 2.05) is 0 Å². The van der Waals surface area contributed by atoms with Crippen molar-refractivity contribution < 1.29 is 4.84 Å². The van der Waals surface area contributed by atoms with Gasteiger partial charge in [0.1, 0.15) is 6.92 Å². The Morgan fingerprint density at radius 3 is 2.43 bits per heavy atom. The van der Waals surface area contributed by atoms with Crippen molar-refractivity contribution in [3.8, 4) is 0 Å². The second-order valence-electron chi connectivity index (χ2n) is 1.62. The lowest BCUT2D eigenvalue weighted by Crippen LogP contribution is -2.15. The first kappa shape index (κ1) is 6.27. The van der Waals surface area contributed by atoms with E-state index in [1.165, 1.54) is 6.92 Å². The van der Waals surface area contributed by atoms with Crippen LogP contribution in [0.5, 0.6) is 0 Å². The Morgan fingerprint density at radius 2 is 2.43 bits per heavy atom. The summed E-state index contributed by atoms with van der Waals surface area (Å²) in [6.07, 6.45) is 0. The van der Waals surface area contributed by atoms with Gasteiger partial charge in [-0.3, -0.25) is 0 Å². The lowest BCUT2D eigenvalue weighted by atomic mass is 10.2. The summed E-state index contributed by atoms with van der Waals surface area (Å²) in [4.78, 5) is 13.3. The largest absolute Gasteiger partial charge is 0.311 e. The molecule has 0 aromatic carbocycles. The molecule has 0 rings (SSSR count). The van der Waals surface area contributed by atoms with Gasteiger partial charge >= 0.3 is 0 Å². The molecule has 3 nitrogen and oxygen atoms in total. The predicted molar refractivity (Wildman–Crippen MR) is 26.0 cm³/mol. The topological polar surface area (TPSA) is 38.7 Å². The Balaban J connectivity index is 3.34. The molecule has 0 heterocycles. The van der Waals surface area contributed by atoms with Gasteiger partial charge in [0, 0.05) is 13.8 Å². The molecular weight excluding hydrogens is 94.0 g/mol. The maximum absolute atomic E-state index is 9.27. The highest BCUT2D eigenvalue weighted by atomic mass is 16.7. The van der Waals surface area contributed by atoms with Gasteiger partial charge in [-0.2, -0.15) is 0 Å². The summed E-state index contributed by atoms with van der Waals surface area (Å²) < 4.78 is 0. The van der Waals surface area contributed by atoms with Gasteiger partial charge in [-0.15, -0.1) is 4.91 Å². The lowest BCUT2D eigenvalue weighted by Gasteiger charge is -2.02. The fourth-order valence-corrected chi connectivity index (χ4v) is 0.0900. The van der Waals surface area contributed by atoms with Crippen molar-refractivity contribution in [2.75, 3.05) is 0 Å². The molecule has 0 aromatic rings. The zero-order valence-corrected chi connectivity index (χ0v) is 4.18. The van der Waals surface area contributed by atoms with Crippen molar-refractivity contribution in [2.24, 2.45) is 5.34 Å². The van der Waals surface area contributed by atoms with E-state index in [9.17, 15) is 4.91 Å². The van der Waals surface area contributed by atoms with Crippen molar-refractivity contribution in [3.63, 3.8) is 0 Å². The highest BCUT2D eigenvalue weighted by molar-refractivity contribution is 4.78. The average Bonchev–Trinajstić information content (AvgIpc) is 1.30. The molecule has 0 amide bonds. The first-order valence-electron chi connectivity index (χ1n) is 1.78. The van der Waals surface area contributed by atoms with Crippen LogP contribution >= 0.6 is 0 Å². The predicted octanol–water partition coefficient (Wildman–Crippen LogP) is 1.11. The molecule has 0 N–H and O–H groups in total. The van der Waals surface area contributed by atoms with Crippen LogP contribution < -0.4 is 0 Å². The Bertz CT molecular complexity index is 64.6. The normalized spacial score (nSPS) is 10.6. The van der Waals surface area contributed by atoms with E-state index in [0.717, 1.165) is 0 Å². The molecule has 0 bridgehead atoms. The van der Waals surface area contributed by atoms with E-state index < -0.39 is 5.60 Å². The monoisotopic (exact) mass is 101 g/mol. The molecule has 0 saturated heterocycles. The minimum atomic E-state index is -0.929. The molecular formula is C4H7NO2+. The Kier molecular flexibility index (Phi) is 1.63. The third-order valence-electron chi connectivity index (χ3n) is 0.258. The Hall–Kier alpha value is -0.730. The first-order valence-corrected chi connectivity index (χ1v) is 1.78. The maximum atomic E-state index is 9.27. The van der Waals surface area contributed by atoms with Gasteiger partial charge in [-0.05, 0) is 0 Å². The molecule has 0 unspecified atom stereocenters. The van der Waals surface area contributed by atoms with Gasteiger partial charge in [0.2, 0.25) is 0 Å². The van der Waals surface area contributed by atoms with Crippen molar-refractivity contribution in [2.45, 2.75) is 12.5 Å². The lowest BCUT2D eigenvalue weighted by molar-refractivity contribution is 0.0386. The zero-order valence-electron chi connectivity index (χ0n) is 4.18. The van der Waals surface area contributed by atoms with E-state index in [-0.39, 0.29) is 0 Å². The molecule has 7 heavy (non-hydrogen) atoms. The summed E-state index contributed by atoms with van der Waals surface area (Å²) in [5, 5.41) is 2.13. The highest BCUT2D eigenvalue weighted by Gasteiger charge is 2.19. The molecule has 0 saturated carbocycles. The fourth-order valence-electron chi connectivity index (χ4n) is 0.0900. The maximum Gasteiger partial charge on any atom is 0.268 e. The molecule has 0 fully saturated rings. The Morgan fingerprint density at radius 1 is 2.00 bits per heavy atom. The van der Waals surface area contributed by atoms with Crippen LogP contribution in [-0.4, -0.2) is 5.60 Å². The van der Waals surface area contributed by atoms with Crippen molar-refractivity contribution in [3.05, 3.63) is 18.8 Å². The van der Waals surface area contributed by atoms with Gasteiger partial charge in [-0.1, -0.05) is 0 Å². The molecule has 0 aliphatic rings. The van der Waals surface area contributed by atoms with Gasteiger partial charge in [0.15, 0.2) is 5.34 Å². The number of hydrogen-bond acceptors (Lipinski definition) is 3. The summed E-state index contributed by atoms with van der Waals surface area (Å²) in [7, 11) is 0. The second kappa shape index (κ2) is 1.82. The van der Waals surface area contributed by atoms with Crippen LogP contribution in [0.4, 0.5) is 0 Å². The van der Waals surface area contributed by atoms with Crippen molar-refractivity contribution >= 4 is 0 Å². The molecule has 0 aliphatic carbocycles. The molecule has 39 valence electrons. The van der Waals surface area contributed by atoms with Crippen LogP contribution in [0.25, 0.3) is 0 Å². The van der Waals surface area contributed by atoms with E-state index in [4.69, 9.17) is 0 Å². The summed E-state index contributed by atoms with van der Waals surface area (Å²) >= 11 is 0. The van der Waals surface area contributed by atoms with E-state index in [2.05, 4.69) is 24.0 Å². The smallest absolute Gasteiger partial charge is 0.268 e. The van der Waals surface area contributed by atoms with Crippen molar-refractivity contribution in [1.82, 2.24) is 0 Å². The molecule has 0 aliphatic heterocycles. The third-order valence-corrected chi connectivity index (χ3v) is 0.258. The second-order valence-corrected chi connectivity index (χ2v) is 1.62. The minimum Gasteiger partial charge on any atom is -0.311 e. The van der Waals surface area contributed by atoms with Crippen LogP contribution in [-0.2, 0) is 4.84 Å².